The molecule has 0 aliphatic heterocycles. The molecule has 100 valence electrons. The fourth-order valence-electron chi connectivity index (χ4n) is 1.88. The predicted molar refractivity (Wildman–Crippen MR) is 71.1 cm³/mol. The molecule has 0 spiro atoms. The van der Waals surface area contributed by atoms with Gasteiger partial charge >= 0.3 is 5.97 Å². The second-order valence-corrected chi connectivity index (χ2v) is 4.43. The zero-order valence-corrected chi connectivity index (χ0v) is 10.9. The zero-order valence-electron chi connectivity index (χ0n) is 10.9. The van der Waals surface area contributed by atoms with Crippen LogP contribution < -0.4 is 4.74 Å². The zero-order chi connectivity index (χ0) is 13.8. The van der Waals surface area contributed by atoms with Crippen molar-refractivity contribution >= 4 is 5.97 Å². The van der Waals surface area contributed by atoms with Crippen LogP contribution in [0.3, 0.4) is 0 Å². The highest BCUT2D eigenvalue weighted by atomic mass is 16.5. The third kappa shape index (κ3) is 2.93. The summed E-state index contributed by atoms with van der Waals surface area (Å²) in [5.74, 6) is -0.472. The number of nitrogens with one attached hydrogen (secondary N) is 1. The van der Waals surface area contributed by atoms with Crippen LogP contribution in [0.25, 0.3) is 11.1 Å². The Balaban J connectivity index is 2.25. The lowest BCUT2D eigenvalue weighted by atomic mass is 9.99. The third-order valence-electron chi connectivity index (χ3n) is 3.05. The van der Waals surface area contributed by atoms with Crippen molar-refractivity contribution < 1.29 is 14.6 Å². The van der Waals surface area contributed by atoms with Crippen LogP contribution in [0.15, 0.2) is 30.5 Å². The number of aliphatic carboxylic acids is 1. The molecule has 1 heterocycles. The molecule has 0 radical (unpaired) electrons. The second-order valence-electron chi connectivity index (χ2n) is 4.43. The first-order chi connectivity index (χ1) is 9.11. The molecule has 0 bridgehead atoms. The fourth-order valence-corrected chi connectivity index (χ4v) is 1.88. The highest BCUT2D eigenvalue weighted by Gasteiger charge is 2.16. The molecule has 0 aliphatic carbocycles. The van der Waals surface area contributed by atoms with Gasteiger partial charge in [-0.1, -0.05) is 19.1 Å². The number of hydrogen-bond donors (Lipinski definition) is 2. The van der Waals surface area contributed by atoms with Crippen molar-refractivity contribution in [3.63, 3.8) is 0 Å². The smallest absolute Gasteiger partial charge is 0.306 e. The first-order valence-electron chi connectivity index (χ1n) is 6.01. The van der Waals surface area contributed by atoms with Crippen LogP contribution in [0.1, 0.15) is 12.6 Å². The molecule has 5 heteroatoms. The number of aromatic amines is 1. The van der Waals surface area contributed by atoms with Crippen molar-refractivity contribution in [1.82, 2.24) is 10.2 Å². The van der Waals surface area contributed by atoms with Crippen LogP contribution >= 0.6 is 0 Å². The number of nitrogens with zero attached hydrogens (tertiary/aromatic N) is 1. The molecule has 1 aromatic heterocycles. The molecule has 19 heavy (non-hydrogen) atoms. The van der Waals surface area contributed by atoms with Crippen LogP contribution in [0.2, 0.25) is 0 Å². The van der Waals surface area contributed by atoms with E-state index < -0.39 is 11.9 Å². The van der Waals surface area contributed by atoms with Gasteiger partial charge in [0.25, 0.3) is 0 Å². The number of carbonyl (C=O) groups is 1. The molecule has 0 aliphatic rings. The Morgan fingerprint density at radius 1 is 1.42 bits per heavy atom. The average molecular weight is 260 g/mol. The lowest BCUT2D eigenvalue weighted by Crippen LogP contribution is -2.12. The molecular weight excluding hydrogens is 244 g/mol. The van der Waals surface area contributed by atoms with Crippen LogP contribution in [-0.4, -0.2) is 28.4 Å². The number of carboxylic acids is 1. The summed E-state index contributed by atoms with van der Waals surface area (Å²) in [4.78, 5) is 10.9. The van der Waals surface area contributed by atoms with Crippen molar-refractivity contribution in [2.75, 3.05) is 7.11 Å². The number of benzene rings is 1. The number of carboxylic acid groups (broad SMARTS) is 1. The summed E-state index contributed by atoms with van der Waals surface area (Å²) in [6.45, 7) is 1.68. The van der Waals surface area contributed by atoms with Gasteiger partial charge in [-0.05, 0) is 17.7 Å². The van der Waals surface area contributed by atoms with E-state index in [9.17, 15) is 4.79 Å². The Morgan fingerprint density at radius 3 is 2.68 bits per heavy atom. The summed E-state index contributed by atoms with van der Waals surface area (Å²) in [7, 11) is 1.62. The van der Waals surface area contributed by atoms with Gasteiger partial charge in [-0.2, -0.15) is 5.10 Å². The minimum absolute atomic E-state index is 0.427. The first-order valence-corrected chi connectivity index (χ1v) is 6.01. The summed E-state index contributed by atoms with van der Waals surface area (Å²) >= 11 is 0. The number of methoxy groups -OCH3 is 1. The highest BCUT2D eigenvalue weighted by Crippen LogP contribution is 2.25. The van der Waals surface area contributed by atoms with Crippen molar-refractivity contribution in [2.24, 2.45) is 5.92 Å². The van der Waals surface area contributed by atoms with Crippen molar-refractivity contribution in [1.29, 1.82) is 0 Å². The van der Waals surface area contributed by atoms with Crippen molar-refractivity contribution in [3.05, 3.63) is 36.2 Å². The predicted octanol–water partition coefficient (Wildman–Crippen LogP) is 2.35. The van der Waals surface area contributed by atoms with Gasteiger partial charge in [-0.3, -0.25) is 9.89 Å². The Labute approximate surface area is 111 Å². The van der Waals surface area contributed by atoms with Gasteiger partial charge < -0.3 is 9.84 Å². The molecule has 1 atom stereocenters. The van der Waals surface area contributed by atoms with Gasteiger partial charge in [0, 0.05) is 17.7 Å². The van der Waals surface area contributed by atoms with E-state index in [2.05, 4.69) is 10.2 Å². The Bertz CT molecular complexity index is 560. The standard InChI is InChI=1S/C14H16N2O3/c1-9(14(17)18)7-13-12(8-15-16-13)10-3-5-11(19-2)6-4-10/h3-6,8-9H,7H2,1-2H3,(H,15,16)(H,17,18). The molecule has 2 aromatic rings. The molecule has 5 nitrogen and oxygen atoms in total. The molecule has 1 unspecified atom stereocenters. The Kier molecular flexibility index (Phi) is 3.85. The Morgan fingerprint density at radius 2 is 2.11 bits per heavy atom. The third-order valence-corrected chi connectivity index (χ3v) is 3.05. The van der Waals surface area contributed by atoms with Gasteiger partial charge in [-0.15, -0.1) is 0 Å². The second kappa shape index (κ2) is 5.56. The minimum Gasteiger partial charge on any atom is -0.497 e. The quantitative estimate of drug-likeness (QED) is 0.865. The van der Waals surface area contributed by atoms with Crippen LogP contribution in [0.4, 0.5) is 0 Å². The van der Waals surface area contributed by atoms with Crippen molar-refractivity contribution in [3.8, 4) is 16.9 Å². The maximum Gasteiger partial charge on any atom is 0.306 e. The summed E-state index contributed by atoms with van der Waals surface area (Å²) < 4.78 is 5.11. The molecule has 0 saturated heterocycles. The van der Waals surface area contributed by atoms with Crippen molar-refractivity contribution in [2.45, 2.75) is 13.3 Å². The van der Waals surface area contributed by atoms with E-state index in [0.29, 0.717) is 6.42 Å². The maximum atomic E-state index is 10.9. The van der Waals surface area contributed by atoms with E-state index in [-0.39, 0.29) is 0 Å². The normalized spacial score (nSPS) is 12.1. The number of H-pyrrole nitrogens is 1. The largest absolute Gasteiger partial charge is 0.497 e. The number of aromatic nitrogens is 2. The molecule has 1 aromatic carbocycles. The summed E-state index contributed by atoms with van der Waals surface area (Å²) in [6, 6.07) is 7.59. The van der Waals surface area contributed by atoms with Gasteiger partial charge in [0.15, 0.2) is 0 Å². The van der Waals surface area contributed by atoms with Gasteiger partial charge in [0.2, 0.25) is 0 Å². The summed E-state index contributed by atoms with van der Waals surface area (Å²) in [6.07, 6.45) is 2.14. The van der Waals surface area contributed by atoms with Crippen LogP contribution in [0.5, 0.6) is 5.75 Å². The van der Waals surface area contributed by atoms with Gasteiger partial charge in [0.1, 0.15) is 5.75 Å². The van der Waals surface area contributed by atoms with E-state index in [1.807, 2.05) is 24.3 Å². The van der Waals surface area contributed by atoms with Gasteiger partial charge in [-0.25, -0.2) is 0 Å². The van der Waals surface area contributed by atoms with E-state index in [0.717, 1.165) is 22.6 Å². The summed E-state index contributed by atoms with van der Waals surface area (Å²) in [5.41, 5.74) is 2.75. The number of rotatable bonds is 5. The molecule has 0 fully saturated rings. The number of ether oxygens (including phenoxy) is 1. The van der Waals surface area contributed by atoms with Crippen LogP contribution in [-0.2, 0) is 11.2 Å². The maximum absolute atomic E-state index is 10.9. The lowest BCUT2D eigenvalue weighted by molar-refractivity contribution is -0.141. The SMILES string of the molecule is COc1ccc(-c2cn[nH]c2CC(C)C(=O)O)cc1. The fraction of sp³-hybridized carbons (Fsp3) is 0.286. The average Bonchev–Trinajstić information content (AvgIpc) is 2.87. The van der Waals surface area contributed by atoms with E-state index in [1.54, 1.807) is 20.2 Å². The highest BCUT2D eigenvalue weighted by molar-refractivity contribution is 5.71. The molecule has 2 rings (SSSR count). The molecular formula is C14H16N2O3. The molecule has 2 N–H and O–H groups in total. The monoisotopic (exact) mass is 260 g/mol. The van der Waals surface area contributed by atoms with Crippen LogP contribution in [0, 0.1) is 5.92 Å². The van der Waals surface area contributed by atoms with E-state index in [1.165, 1.54) is 0 Å². The first kappa shape index (κ1) is 13.1. The number of hydrogen-bond acceptors (Lipinski definition) is 3. The summed E-state index contributed by atoms with van der Waals surface area (Å²) in [5, 5.41) is 15.8. The topological polar surface area (TPSA) is 75.2 Å². The minimum atomic E-state index is -0.810. The lowest BCUT2D eigenvalue weighted by Gasteiger charge is -2.07. The Hall–Kier alpha value is -2.30. The molecule has 0 amide bonds. The van der Waals surface area contributed by atoms with Gasteiger partial charge in [0.05, 0.1) is 19.2 Å². The van der Waals surface area contributed by atoms with E-state index >= 15 is 0 Å². The molecule has 0 saturated carbocycles. The van der Waals surface area contributed by atoms with E-state index in [4.69, 9.17) is 9.84 Å².